The maximum Gasteiger partial charge on any atom is 0.123 e. The van der Waals surface area contributed by atoms with Gasteiger partial charge in [0.25, 0.3) is 0 Å². The van der Waals surface area contributed by atoms with Crippen molar-refractivity contribution in [2.24, 2.45) is 0 Å². The molecule has 0 saturated carbocycles. The fourth-order valence-electron chi connectivity index (χ4n) is 3.60. The van der Waals surface area contributed by atoms with Gasteiger partial charge in [0.05, 0.1) is 0 Å². The van der Waals surface area contributed by atoms with Gasteiger partial charge in [-0.3, -0.25) is 4.90 Å². The minimum atomic E-state index is 0.247. The third-order valence-corrected chi connectivity index (χ3v) is 5.24. The monoisotopic (exact) mass is 288 g/mol. The van der Waals surface area contributed by atoms with Crippen LogP contribution in [0.4, 0.5) is 0 Å². The lowest BCUT2D eigenvalue weighted by Crippen LogP contribution is -2.63. The molecule has 3 rings (SSSR count). The van der Waals surface area contributed by atoms with E-state index >= 15 is 0 Å². The van der Waals surface area contributed by atoms with Gasteiger partial charge < -0.3 is 10.1 Å². The molecule has 1 N–H and O–H groups in total. The van der Waals surface area contributed by atoms with Gasteiger partial charge in [0.15, 0.2) is 0 Å². The van der Waals surface area contributed by atoms with Gasteiger partial charge in [-0.25, -0.2) is 0 Å². The fourth-order valence-corrected chi connectivity index (χ4v) is 3.60. The maximum absolute atomic E-state index is 6.14. The van der Waals surface area contributed by atoms with E-state index in [2.05, 4.69) is 55.3 Å². The van der Waals surface area contributed by atoms with E-state index in [4.69, 9.17) is 4.74 Å². The average Bonchev–Trinajstić information content (AvgIpc) is 2.90. The zero-order chi connectivity index (χ0) is 14.9. The van der Waals surface area contributed by atoms with Crippen molar-refractivity contribution < 1.29 is 4.74 Å². The number of benzene rings is 1. The van der Waals surface area contributed by atoms with Gasteiger partial charge in [0.1, 0.15) is 11.9 Å². The molecule has 1 fully saturated rings. The molecule has 3 unspecified atom stereocenters. The summed E-state index contributed by atoms with van der Waals surface area (Å²) in [5.41, 5.74) is 1.61. The van der Waals surface area contributed by atoms with Crippen LogP contribution in [0.2, 0.25) is 0 Å². The highest BCUT2D eigenvalue weighted by Crippen LogP contribution is 2.30. The van der Waals surface area contributed by atoms with Gasteiger partial charge >= 0.3 is 0 Å². The molecular weight excluding hydrogens is 260 g/mol. The fraction of sp³-hybridized carbons (Fsp3) is 0.667. The van der Waals surface area contributed by atoms with Crippen molar-refractivity contribution in [3.63, 3.8) is 0 Å². The van der Waals surface area contributed by atoms with E-state index in [1.807, 2.05) is 0 Å². The molecule has 0 radical (unpaired) electrons. The second-order valence-corrected chi connectivity index (χ2v) is 6.84. The summed E-state index contributed by atoms with van der Waals surface area (Å²) in [6.45, 7) is 10.2. The molecule has 1 aromatic rings. The van der Waals surface area contributed by atoms with E-state index in [0.717, 1.165) is 31.8 Å². The SMILES string of the molecule is CCC1CNC(C)(CC)CN1CC1Cc2ccccc2O1. The maximum atomic E-state index is 6.14. The minimum Gasteiger partial charge on any atom is -0.488 e. The van der Waals surface area contributed by atoms with Crippen LogP contribution in [0.5, 0.6) is 5.75 Å². The third-order valence-electron chi connectivity index (χ3n) is 5.24. The summed E-state index contributed by atoms with van der Waals surface area (Å²) < 4.78 is 6.14. The van der Waals surface area contributed by atoms with E-state index in [0.29, 0.717) is 12.1 Å². The quantitative estimate of drug-likeness (QED) is 0.922. The Morgan fingerprint density at radius 2 is 2.14 bits per heavy atom. The van der Waals surface area contributed by atoms with Crippen LogP contribution < -0.4 is 10.1 Å². The first-order chi connectivity index (χ1) is 10.1. The van der Waals surface area contributed by atoms with Crippen LogP contribution in [0.25, 0.3) is 0 Å². The molecule has 3 heteroatoms. The molecule has 1 saturated heterocycles. The first kappa shape index (κ1) is 14.9. The largest absolute Gasteiger partial charge is 0.488 e. The summed E-state index contributed by atoms with van der Waals surface area (Å²) in [5, 5.41) is 3.74. The molecule has 0 spiro atoms. The minimum absolute atomic E-state index is 0.247. The van der Waals surface area contributed by atoms with Crippen LogP contribution in [-0.2, 0) is 6.42 Å². The highest BCUT2D eigenvalue weighted by atomic mass is 16.5. The molecule has 0 amide bonds. The average molecular weight is 288 g/mol. The smallest absolute Gasteiger partial charge is 0.123 e. The van der Waals surface area contributed by atoms with Crippen LogP contribution in [0.1, 0.15) is 39.2 Å². The van der Waals surface area contributed by atoms with E-state index < -0.39 is 0 Å². The molecule has 2 aliphatic rings. The highest BCUT2D eigenvalue weighted by Gasteiger charge is 2.36. The lowest BCUT2D eigenvalue weighted by atomic mass is 9.92. The molecule has 1 aromatic carbocycles. The van der Waals surface area contributed by atoms with Crippen LogP contribution in [0.15, 0.2) is 24.3 Å². The van der Waals surface area contributed by atoms with Crippen molar-refractivity contribution >= 4 is 0 Å². The summed E-state index contributed by atoms with van der Waals surface area (Å²) in [4.78, 5) is 2.65. The van der Waals surface area contributed by atoms with Crippen molar-refractivity contribution in [2.45, 2.75) is 57.7 Å². The first-order valence-corrected chi connectivity index (χ1v) is 8.37. The predicted octanol–water partition coefficient (Wildman–Crippen LogP) is 2.84. The number of para-hydroxylation sites is 1. The van der Waals surface area contributed by atoms with Crippen molar-refractivity contribution in [1.29, 1.82) is 0 Å². The number of nitrogens with zero attached hydrogens (tertiary/aromatic N) is 1. The first-order valence-electron chi connectivity index (χ1n) is 8.37. The number of hydrogen-bond acceptors (Lipinski definition) is 3. The van der Waals surface area contributed by atoms with Crippen molar-refractivity contribution in [1.82, 2.24) is 10.2 Å². The molecule has 3 nitrogen and oxygen atoms in total. The summed E-state index contributed by atoms with van der Waals surface area (Å²) in [6.07, 6.45) is 3.74. The summed E-state index contributed by atoms with van der Waals surface area (Å²) in [7, 11) is 0. The van der Waals surface area contributed by atoms with Crippen LogP contribution in [0, 0.1) is 0 Å². The molecule has 116 valence electrons. The van der Waals surface area contributed by atoms with Gasteiger partial charge in [0, 0.05) is 37.6 Å². The topological polar surface area (TPSA) is 24.5 Å². The van der Waals surface area contributed by atoms with Crippen LogP contribution in [0.3, 0.4) is 0 Å². The number of fused-ring (bicyclic) bond motifs is 1. The predicted molar refractivity (Wildman–Crippen MR) is 86.9 cm³/mol. The summed E-state index contributed by atoms with van der Waals surface area (Å²) in [5.74, 6) is 1.09. The second kappa shape index (κ2) is 5.98. The van der Waals surface area contributed by atoms with E-state index in [-0.39, 0.29) is 5.54 Å². The van der Waals surface area contributed by atoms with Crippen molar-refractivity contribution in [3.05, 3.63) is 29.8 Å². The molecular formula is C18H28N2O. The number of ether oxygens (including phenoxy) is 1. The number of hydrogen-bond donors (Lipinski definition) is 1. The van der Waals surface area contributed by atoms with Gasteiger partial charge in [-0.05, 0) is 31.4 Å². The molecule has 3 atom stereocenters. The Labute approximate surface area is 128 Å². The zero-order valence-corrected chi connectivity index (χ0v) is 13.6. The Morgan fingerprint density at radius 1 is 1.33 bits per heavy atom. The van der Waals surface area contributed by atoms with Gasteiger partial charge in [-0.1, -0.05) is 32.0 Å². The van der Waals surface area contributed by atoms with E-state index in [9.17, 15) is 0 Å². The number of piperazine rings is 1. The number of nitrogens with one attached hydrogen (secondary N) is 1. The summed E-state index contributed by atoms with van der Waals surface area (Å²) in [6, 6.07) is 9.10. The number of rotatable bonds is 4. The normalized spacial score (nSPS) is 32.7. The van der Waals surface area contributed by atoms with E-state index in [1.54, 1.807) is 0 Å². The van der Waals surface area contributed by atoms with Gasteiger partial charge in [0.2, 0.25) is 0 Å². The standard InChI is InChI=1S/C18H28N2O/c1-4-15-11-19-18(3,5-2)13-20(15)12-16-10-14-8-6-7-9-17(14)21-16/h6-9,15-16,19H,4-5,10-13H2,1-3H3. The summed E-state index contributed by atoms with van der Waals surface area (Å²) >= 11 is 0. The van der Waals surface area contributed by atoms with Gasteiger partial charge in [-0.2, -0.15) is 0 Å². The van der Waals surface area contributed by atoms with E-state index in [1.165, 1.54) is 18.4 Å². The highest BCUT2D eigenvalue weighted by molar-refractivity contribution is 5.37. The molecule has 2 heterocycles. The molecule has 0 aliphatic carbocycles. The van der Waals surface area contributed by atoms with Crippen molar-refractivity contribution in [2.75, 3.05) is 19.6 Å². The Kier molecular flexibility index (Phi) is 4.23. The lowest BCUT2D eigenvalue weighted by molar-refractivity contribution is 0.0491. The molecule has 2 aliphatic heterocycles. The van der Waals surface area contributed by atoms with Gasteiger partial charge in [-0.15, -0.1) is 0 Å². The van der Waals surface area contributed by atoms with Crippen LogP contribution in [-0.4, -0.2) is 42.2 Å². The second-order valence-electron chi connectivity index (χ2n) is 6.84. The Bertz CT molecular complexity index is 465. The Morgan fingerprint density at radius 3 is 2.86 bits per heavy atom. The lowest BCUT2D eigenvalue weighted by Gasteiger charge is -2.46. The third kappa shape index (κ3) is 3.09. The molecule has 0 aromatic heterocycles. The van der Waals surface area contributed by atoms with Crippen LogP contribution >= 0.6 is 0 Å². The molecule has 0 bridgehead atoms. The molecule has 21 heavy (non-hydrogen) atoms. The Hall–Kier alpha value is -1.06. The zero-order valence-electron chi connectivity index (χ0n) is 13.6. The van der Waals surface area contributed by atoms with Crippen molar-refractivity contribution in [3.8, 4) is 5.75 Å². The Balaban J connectivity index is 1.66.